The fourth-order valence-electron chi connectivity index (χ4n) is 3.79. The Kier molecular flexibility index (Phi) is 5.01. The number of carbonyl (C=O) groups is 2. The Morgan fingerprint density at radius 3 is 2.29 bits per heavy atom. The average Bonchev–Trinajstić information content (AvgIpc) is 3.27. The fourth-order valence-corrected chi connectivity index (χ4v) is 3.79. The predicted molar refractivity (Wildman–Crippen MR) is 115 cm³/mol. The third-order valence-corrected chi connectivity index (χ3v) is 5.68. The molecule has 1 unspecified atom stereocenters. The number of aliphatic hydroxyl groups is 1. The second-order valence-electron chi connectivity index (χ2n) is 7.85. The van der Waals surface area contributed by atoms with Crippen molar-refractivity contribution in [3.63, 3.8) is 0 Å². The summed E-state index contributed by atoms with van der Waals surface area (Å²) in [5, 5.41) is 11.0. The topological polar surface area (TPSA) is 70.8 Å². The van der Waals surface area contributed by atoms with Gasteiger partial charge >= 0.3 is 0 Å². The summed E-state index contributed by atoms with van der Waals surface area (Å²) < 4.78 is 19.5. The standard InChI is InChI=1S/C25H22FNO4/c1-13-5-8-18(12-14(13)2)27-22(20-10-6-16(4)31-20)21(24(29)25(27)30)23(28)17-7-9-19(26)15(3)11-17/h5-12,22,28H,1-4H3/b23-21-. The molecule has 0 aliphatic carbocycles. The number of Topliss-reactive ketones (excluding diaryl/α,β-unsaturated/α-hetero) is 1. The summed E-state index contributed by atoms with van der Waals surface area (Å²) in [5.74, 6) is -1.41. The van der Waals surface area contributed by atoms with Crippen molar-refractivity contribution in [3.05, 3.63) is 93.7 Å². The van der Waals surface area contributed by atoms with Crippen molar-refractivity contribution < 1.29 is 23.5 Å². The van der Waals surface area contributed by atoms with Crippen molar-refractivity contribution in [2.45, 2.75) is 33.7 Å². The minimum atomic E-state index is -0.943. The van der Waals surface area contributed by atoms with Crippen LogP contribution < -0.4 is 4.90 Å². The highest BCUT2D eigenvalue weighted by atomic mass is 19.1. The van der Waals surface area contributed by atoms with Gasteiger partial charge in [0.1, 0.15) is 29.1 Å². The zero-order valence-corrected chi connectivity index (χ0v) is 17.7. The largest absolute Gasteiger partial charge is 0.507 e. The summed E-state index contributed by atoms with van der Waals surface area (Å²) in [5.41, 5.74) is 3.01. The zero-order chi connectivity index (χ0) is 22.4. The molecule has 31 heavy (non-hydrogen) atoms. The van der Waals surface area contributed by atoms with Crippen LogP contribution in [0.1, 0.15) is 39.8 Å². The van der Waals surface area contributed by atoms with Crippen LogP contribution in [-0.4, -0.2) is 16.8 Å². The summed E-state index contributed by atoms with van der Waals surface area (Å²) in [6.45, 7) is 7.20. The smallest absolute Gasteiger partial charge is 0.300 e. The molecule has 2 aromatic carbocycles. The van der Waals surface area contributed by atoms with Gasteiger partial charge in [0.2, 0.25) is 0 Å². The van der Waals surface area contributed by atoms with Crippen LogP contribution in [0.2, 0.25) is 0 Å². The van der Waals surface area contributed by atoms with Crippen molar-refractivity contribution >= 4 is 23.1 Å². The van der Waals surface area contributed by atoms with E-state index >= 15 is 0 Å². The van der Waals surface area contributed by atoms with E-state index in [4.69, 9.17) is 4.42 Å². The summed E-state index contributed by atoms with van der Waals surface area (Å²) in [6, 6.07) is 12.0. The van der Waals surface area contributed by atoms with Crippen LogP contribution in [-0.2, 0) is 9.59 Å². The molecular weight excluding hydrogens is 397 g/mol. The summed E-state index contributed by atoms with van der Waals surface area (Å²) in [4.78, 5) is 27.5. The Hall–Kier alpha value is -3.67. The molecule has 1 aliphatic heterocycles. The Balaban J connectivity index is 1.95. The lowest BCUT2D eigenvalue weighted by Gasteiger charge is -2.24. The Morgan fingerprint density at radius 1 is 0.935 bits per heavy atom. The van der Waals surface area contributed by atoms with E-state index in [2.05, 4.69) is 0 Å². The molecular formula is C25H22FNO4. The van der Waals surface area contributed by atoms with Gasteiger partial charge in [-0.1, -0.05) is 6.07 Å². The molecule has 5 nitrogen and oxygen atoms in total. The SMILES string of the molecule is Cc1ccc(C2/C(=C(/O)c3ccc(F)c(C)c3)C(=O)C(=O)N2c2ccc(C)c(C)c2)o1. The number of furan rings is 1. The highest BCUT2D eigenvalue weighted by Crippen LogP contribution is 2.43. The normalized spacial score (nSPS) is 18.1. The molecule has 0 bridgehead atoms. The molecule has 1 aromatic heterocycles. The molecule has 2 heterocycles. The lowest BCUT2D eigenvalue weighted by Crippen LogP contribution is -2.29. The number of nitrogens with zero attached hydrogens (tertiary/aromatic N) is 1. The number of halogens is 1. The first-order valence-corrected chi connectivity index (χ1v) is 9.90. The minimum Gasteiger partial charge on any atom is -0.507 e. The first kappa shape index (κ1) is 20.6. The minimum absolute atomic E-state index is 0.0939. The van der Waals surface area contributed by atoms with Gasteiger partial charge in [0.15, 0.2) is 0 Å². The third-order valence-electron chi connectivity index (χ3n) is 5.68. The quantitative estimate of drug-likeness (QED) is 0.356. The molecule has 1 amide bonds. The maximum atomic E-state index is 13.7. The van der Waals surface area contributed by atoms with E-state index < -0.39 is 23.5 Å². The molecule has 158 valence electrons. The number of hydrogen-bond acceptors (Lipinski definition) is 4. The van der Waals surface area contributed by atoms with Gasteiger partial charge in [0.25, 0.3) is 11.7 Å². The maximum absolute atomic E-state index is 13.7. The molecule has 4 rings (SSSR count). The van der Waals surface area contributed by atoms with Gasteiger partial charge in [-0.2, -0.15) is 0 Å². The van der Waals surface area contributed by atoms with Crippen LogP contribution in [0.5, 0.6) is 0 Å². The highest BCUT2D eigenvalue weighted by Gasteiger charge is 2.48. The molecule has 1 atom stereocenters. The van der Waals surface area contributed by atoms with Crippen molar-refractivity contribution in [1.82, 2.24) is 0 Å². The van der Waals surface area contributed by atoms with E-state index in [1.54, 1.807) is 32.0 Å². The van der Waals surface area contributed by atoms with Crippen LogP contribution in [0, 0.1) is 33.5 Å². The summed E-state index contributed by atoms with van der Waals surface area (Å²) in [7, 11) is 0. The van der Waals surface area contributed by atoms with Gasteiger partial charge in [-0.15, -0.1) is 0 Å². The lowest BCUT2D eigenvalue weighted by atomic mass is 9.98. The van der Waals surface area contributed by atoms with Crippen LogP contribution >= 0.6 is 0 Å². The molecule has 0 saturated carbocycles. The molecule has 0 spiro atoms. The van der Waals surface area contributed by atoms with E-state index in [9.17, 15) is 19.1 Å². The number of aliphatic hydroxyl groups excluding tert-OH is 1. The highest BCUT2D eigenvalue weighted by molar-refractivity contribution is 6.51. The van der Waals surface area contributed by atoms with Gasteiger partial charge in [-0.25, -0.2) is 4.39 Å². The average molecular weight is 419 g/mol. The summed E-state index contributed by atoms with van der Waals surface area (Å²) >= 11 is 0. The first-order chi connectivity index (χ1) is 14.7. The van der Waals surface area contributed by atoms with E-state index in [-0.39, 0.29) is 16.9 Å². The van der Waals surface area contributed by atoms with Crippen molar-refractivity contribution in [2.75, 3.05) is 4.90 Å². The van der Waals surface area contributed by atoms with Crippen molar-refractivity contribution in [3.8, 4) is 0 Å². The fraction of sp³-hybridized carbons (Fsp3) is 0.200. The molecule has 1 aliphatic rings. The van der Waals surface area contributed by atoms with Crippen LogP contribution in [0.3, 0.4) is 0 Å². The van der Waals surface area contributed by atoms with Gasteiger partial charge in [0.05, 0.1) is 5.57 Å². The second-order valence-corrected chi connectivity index (χ2v) is 7.85. The number of aryl methyl sites for hydroxylation is 4. The number of ketones is 1. The van der Waals surface area contributed by atoms with Gasteiger partial charge in [-0.05, 0) is 86.8 Å². The van der Waals surface area contributed by atoms with Gasteiger partial charge in [-0.3, -0.25) is 14.5 Å². The van der Waals surface area contributed by atoms with Crippen molar-refractivity contribution in [2.24, 2.45) is 0 Å². The van der Waals surface area contributed by atoms with E-state index in [0.29, 0.717) is 22.8 Å². The van der Waals surface area contributed by atoms with Gasteiger partial charge in [0, 0.05) is 11.3 Å². The Labute approximate surface area is 179 Å². The monoisotopic (exact) mass is 419 g/mol. The number of rotatable bonds is 3. The maximum Gasteiger partial charge on any atom is 0.300 e. The Bertz CT molecular complexity index is 1250. The molecule has 1 N–H and O–H groups in total. The van der Waals surface area contributed by atoms with Crippen LogP contribution in [0.15, 0.2) is 58.5 Å². The number of benzene rings is 2. The molecule has 1 fully saturated rings. The summed E-state index contributed by atoms with van der Waals surface area (Å²) in [6.07, 6.45) is 0. The number of anilines is 1. The number of hydrogen-bond donors (Lipinski definition) is 1. The second kappa shape index (κ2) is 7.54. The van der Waals surface area contributed by atoms with E-state index in [1.165, 1.54) is 23.1 Å². The van der Waals surface area contributed by atoms with Crippen molar-refractivity contribution in [1.29, 1.82) is 0 Å². The van der Waals surface area contributed by atoms with Crippen LogP contribution in [0.4, 0.5) is 10.1 Å². The number of amides is 1. The van der Waals surface area contributed by atoms with Gasteiger partial charge < -0.3 is 9.52 Å². The Morgan fingerprint density at radius 2 is 1.68 bits per heavy atom. The third kappa shape index (κ3) is 3.44. The molecule has 6 heteroatoms. The first-order valence-electron chi connectivity index (χ1n) is 9.90. The van der Waals surface area contributed by atoms with E-state index in [1.807, 2.05) is 26.0 Å². The zero-order valence-electron chi connectivity index (χ0n) is 17.7. The molecule has 0 radical (unpaired) electrons. The molecule has 3 aromatic rings. The predicted octanol–water partition coefficient (Wildman–Crippen LogP) is 5.28. The number of carbonyl (C=O) groups excluding carboxylic acids is 2. The molecule has 1 saturated heterocycles. The van der Waals surface area contributed by atoms with E-state index in [0.717, 1.165) is 11.1 Å². The lowest BCUT2D eigenvalue weighted by molar-refractivity contribution is -0.132. The van der Waals surface area contributed by atoms with Crippen LogP contribution in [0.25, 0.3) is 5.76 Å².